The molecule has 2 aromatic rings. The number of rotatable bonds is 7. The highest BCUT2D eigenvalue weighted by atomic mass is 19.1. The molecule has 0 radical (unpaired) electrons. The molecule has 1 heterocycles. The van der Waals surface area contributed by atoms with Crippen LogP contribution >= 0.6 is 0 Å². The normalized spacial score (nSPS) is 22.2. The van der Waals surface area contributed by atoms with Gasteiger partial charge in [0.25, 0.3) is 5.91 Å². The van der Waals surface area contributed by atoms with Gasteiger partial charge in [-0.25, -0.2) is 4.39 Å². The Morgan fingerprint density at radius 2 is 2.04 bits per heavy atom. The predicted molar refractivity (Wildman–Crippen MR) is 104 cm³/mol. The highest BCUT2D eigenvalue weighted by Crippen LogP contribution is 2.33. The summed E-state index contributed by atoms with van der Waals surface area (Å²) in [5, 5.41) is 15.9. The first-order valence-corrected chi connectivity index (χ1v) is 9.60. The molecule has 148 valence electrons. The van der Waals surface area contributed by atoms with Crippen LogP contribution in [0.5, 0.6) is 0 Å². The van der Waals surface area contributed by atoms with E-state index in [4.69, 9.17) is 15.9 Å². The van der Waals surface area contributed by atoms with Crippen LogP contribution in [-0.2, 0) is 4.74 Å². The Hall–Kier alpha value is -2.74. The monoisotopic (exact) mass is 385 g/mol. The summed E-state index contributed by atoms with van der Waals surface area (Å²) in [6.07, 6.45) is 6.32. The van der Waals surface area contributed by atoms with Crippen molar-refractivity contribution >= 4 is 23.1 Å². The zero-order chi connectivity index (χ0) is 19.7. The second-order valence-electron chi connectivity index (χ2n) is 7.59. The zero-order valence-corrected chi connectivity index (χ0v) is 15.5. The van der Waals surface area contributed by atoms with Crippen molar-refractivity contribution in [1.29, 1.82) is 5.41 Å². The maximum atomic E-state index is 13.1. The van der Waals surface area contributed by atoms with Gasteiger partial charge in [0.2, 0.25) is 0 Å². The number of ether oxygens (including phenoxy) is 1. The number of carbonyl (C=O) groups is 1. The van der Waals surface area contributed by atoms with Crippen LogP contribution in [0.15, 0.2) is 30.5 Å². The highest BCUT2D eigenvalue weighted by molar-refractivity contribution is 5.98. The van der Waals surface area contributed by atoms with Crippen molar-refractivity contribution in [3.8, 4) is 0 Å². The van der Waals surface area contributed by atoms with E-state index in [9.17, 15) is 9.18 Å². The van der Waals surface area contributed by atoms with Crippen molar-refractivity contribution in [3.05, 3.63) is 41.8 Å². The van der Waals surface area contributed by atoms with Crippen LogP contribution in [0, 0.1) is 17.1 Å². The standard InChI is InChI=1S/C20H24FN5O2/c21-13-3-5-14(6-4-13)24-20-16(19(23)27)10-26(25-20)18-8-7-15(9-17(18)22)28-11-12-1-2-12/h3-6,10,12,15,18,22H,1-2,7-9,11H2,(H2,23,27)(H,24,25)/t15-,18-/m0/s1. The number of benzene rings is 1. The summed E-state index contributed by atoms with van der Waals surface area (Å²) in [5.41, 5.74) is 6.88. The SMILES string of the molecule is N=C1C[C@@H](OCC2CC2)CC[C@@H]1n1cc(C(N)=O)c(Nc2ccc(F)cc2)n1. The fourth-order valence-corrected chi connectivity index (χ4v) is 3.49. The van der Waals surface area contributed by atoms with Gasteiger partial charge >= 0.3 is 0 Å². The molecule has 0 spiro atoms. The topological polar surface area (TPSA) is 106 Å². The van der Waals surface area contributed by atoms with Gasteiger partial charge in [0, 0.05) is 30.6 Å². The van der Waals surface area contributed by atoms with Gasteiger partial charge in [-0.05, 0) is 55.9 Å². The molecule has 2 saturated carbocycles. The minimum Gasteiger partial charge on any atom is -0.378 e. The lowest BCUT2D eigenvalue weighted by Crippen LogP contribution is -2.32. The van der Waals surface area contributed by atoms with Crippen molar-refractivity contribution in [3.63, 3.8) is 0 Å². The lowest BCUT2D eigenvalue weighted by molar-refractivity contribution is 0.0359. The summed E-state index contributed by atoms with van der Waals surface area (Å²) in [6, 6.07) is 5.54. The fourth-order valence-electron chi connectivity index (χ4n) is 3.49. The third-order valence-corrected chi connectivity index (χ3v) is 5.30. The Labute approximate surface area is 162 Å². The molecule has 0 aliphatic heterocycles. The van der Waals surface area contributed by atoms with Crippen molar-refractivity contribution < 1.29 is 13.9 Å². The largest absolute Gasteiger partial charge is 0.378 e. The number of aromatic nitrogens is 2. The van der Waals surface area contributed by atoms with Crippen molar-refractivity contribution in [2.24, 2.45) is 11.7 Å². The summed E-state index contributed by atoms with van der Waals surface area (Å²) >= 11 is 0. The first kappa shape index (κ1) is 18.6. The number of hydrogen-bond donors (Lipinski definition) is 3. The first-order valence-electron chi connectivity index (χ1n) is 9.60. The van der Waals surface area contributed by atoms with Gasteiger partial charge in [-0.3, -0.25) is 9.48 Å². The molecule has 2 fully saturated rings. The van der Waals surface area contributed by atoms with Crippen LogP contribution in [-0.4, -0.2) is 34.1 Å². The molecule has 4 N–H and O–H groups in total. The van der Waals surface area contributed by atoms with E-state index in [-0.39, 0.29) is 23.5 Å². The van der Waals surface area contributed by atoms with E-state index in [0.717, 1.165) is 19.4 Å². The summed E-state index contributed by atoms with van der Waals surface area (Å²) in [5.74, 6) is 0.0550. The molecule has 2 aliphatic rings. The average Bonchev–Trinajstić information content (AvgIpc) is 3.41. The molecule has 8 heteroatoms. The summed E-state index contributed by atoms with van der Waals surface area (Å²) in [4.78, 5) is 11.8. The molecule has 1 amide bonds. The summed E-state index contributed by atoms with van der Waals surface area (Å²) in [7, 11) is 0. The van der Waals surface area contributed by atoms with E-state index < -0.39 is 5.91 Å². The molecule has 2 atom stereocenters. The van der Waals surface area contributed by atoms with Crippen LogP contribution in [0.2, 0.25) is 0 Å². The third-order valence-electron chi connectivity index (χ3n) is 5.30. The fraction of sp³-hybridized carbons (Fsp3) is 0.450. The van der Waals surface area contributed by atoms with E-state index in [0.29, 0.717) is 29.6 Å². The van der Waals surface area contributed by atoms with E-state index in [2.05, 4.69) is 10.4 Å². The number of amides is 1. The number of halogens is 1. The van der Waals surface area contributed by atoms with Crippen molar-refractivity contribution in [2.75, 3.05) is 11.9 Å². The number of anilines is 2. The van der Waals surface area contributed by atoms with E-state index in [1.165, 1.54) is 25.0 Å². The highest BCUT2D eigenvalue weighted by Gasteiger charge is 2.31. The molecule has 4 rings (SSSR count). The third kappa shape index (κ3) is 4.22. The quantitative estimate of drug-likeness (QED) is 0.679. The first-order chi connectivity index (χ1) is 13.5. The molecule has 28 heavy (non-hydrogen) atoms. The maximum Gasteiger partial charge on any atom is 0.254 e. The minimum absolute atomic E-state index is 0.0901. The molecular formula is C20H24FN5O2. The number of hydrogen-bond acceptors (Lipinski definition) is 5. The smallest absolute Gasteiger partial charge is 0.254 e. The Morgan fingerprint density at radius 1 is 1.29 bits per heavy atom. The van der Waals surface area contributed by atoms with Gasteiger partial charge in [0.15, 0.2) is 5.82 Å². The van der Waals surface area contributed by atoms with E-state index in [1.807, 2.05) is 0 Å². The minimum atomic E-state index is -0.608. The summed E-state index contributed by atoms with van der Waals surface area (Å²) in [6.45, 7) is 0.794. The number of primary amides is 1. The number of nitrogens with two attached hydrogens (primary N) is 1. The lowest BCUT2D eigenvalue weighted by Gasteiger charge is -2.29. The molecule has 2 aliphatic carbocycles. The van der Waals surface area contributed by atoms with E-state index in [1.54, 1.807) is 23.0 Å². The van der Waals surface area contributed by atoms with Crippen molar-refractivity contribution in [2.45, 2.75) is 44.2 Å². The second-order valence-corrected chi connectivity index (χ2v) is 7.59. The molecule has 0 saturated heterocycles. The second kappa shape index (κ2) is 7.71. The lowest BCUT2D eigenvalue weighted by atomic mass is 9.91. The summed E-state index contributed by atoms with van der Waals surface area (Å²) < 4.78 is 20.7. The zero-order valence-electron chi connectivity index (χ0n) is 15.5. The van der Waals surface area contributed by atoms with Gasteiger partial charge in [0.1, 0.15) is 11.4 Å². The number of nitrogens with one attached hydrogen (secondary N) is 2. The van der Waals surface area contributed by atoms with Gasteiger partial charge < -0.3 is 21.2 Å². The van der Waals surface area contributed by atoms with Gasteiger partial charge in [-0.1, -0.05) is 0 Å². The maximum absolute atomic E-state index is 13.1. The number of nitrogens with zero attached hydrogens (tertiary/aromatic N) is 2. The van der Waals surface area contributed by atoms with Crippen LogP contribution < -0.4 is 11.1 Å². The van der Waals surface area contributed by atoms with Gasteiger partial charge in [-0.2, -0.15) is 5.10 Å². The Balaban J connectivity index is 1.47. The van der Waals surface area contributed by atoms with Crippen LogP contribution in [0.4, 0.5) is 15.9 Å². The average molecular weight is 385 g/mol. The molecule has 7 nitrogen and oxygen atoms in total. The Morgan fingerprint density at radius 3 is 2.68 bits per heavy atom. The molecule has 0 bridgehead atoms. The Bertz CT molecular complexity index is 875. The van der Waals surface area contributed by atoms with E-state index >= 15 is 0 Å². The predicted octanol–water partition coefficient (Wildman–Crippen LogP) is 3.40. The Kier molecular flexibility index (Phi) is 5.13. The van der Waals surface area contributed by atoms with Crippen LogP contribution in [0.25, 0.3) is 0 Å². The van der Waals surface area contributed by atoms with Crippen LogP contribution in [0.1, 0.15) is 48.5 Å². The van der Waals surface area contributed by atoms with Gasteiger partial charge in [0.05, 0.1) is 12.1 Å². The number of carbonyl (C=O) groups excluding carboxylic acids is 1. The molecule has 1 aromatic carbocycles. The molecular weight excluding hydrogens is 361 g/mol. The molecule has 0 unspecified atom stereocenters. The van der Waals surface area contributed by atoms with Crippen LogP contribution in [0.3, 0.4) is 0 Å². The van der Waals surface area contributed by atoms with Gasteiger partial charge in [-0.15, -0.1) is 0 Å². The van der Waals surface area contributed by atoms with Crippen molar-refractivity contribution in [1.82, 2.24) is 9.78 Å². The molecule has 1 aromatic heterocycles.